The van der Waals surface area contributed by atoms with Crippen molar-refractivity contribution in [2.75, 3.05) is 12.3 Å². The maximum Gasteiger partial charge on any atom is 0.323 e. The smallest absolute Gasteiger partial charge is 0.323 e. The summed E-state index contributed by atoms with van der Waals surface area (Å²) in [4.78, 5) is 12.2. The van der Waals surface area contributed by atoms with Gasteiger partial charge in [-0.2, -0.15) is 0 Å². The predicted molar refractivity (Wildman–Crippen MR) is 86.1 cm³/mol. The van der Waals surface area contributed by atoms with E-state index in [9.17, 15) is 9.90 Å². The summed E-state index contributed by atoms with van der Waals surface area (Å²) >= 11 is 13.5. The Morgan fingerprint density at radius 1 is 1.45 bits per heavy atom. The van der Waals surface area contributed by atoms with Crippen molar-refractivity contribution in [3.05, 3.63) is 28.2 Å². The third-order valence-electron chi connectivity index (χ3n) is 2.99. The summed E-state index contributed by atoms with van der Waals surface area (Å²) in [6, 6.07) is 5.28. The number of benzene rings is 1. The van der Waals surface area contributed by atoms with Gasteiger partial charge in [0.1, 0.15) is 5.54 Å². The Labute approximate surface area is 134 Å². The quantitative estimate of drug-likeness (QED) is 0.694. The van der Waals surface area contributed by atoms with E-state index in [1.54, 1.807) is 25.1 Å². The molecular weight excluding hydrogens is 317 g/mol. The van der Waals surface area contributed by atoms with Crippen molar-refractivity contribution in [2.45, 2.75) is 37.1 Å². The number of nitrogens with one attached hydrogen (secondary N) is 1. The molecule has 0 aliphatic carbocycles. The van der Waals surface area contributed by atoms with Crippen molar-refractivity contribution in [1.82, 2.24) is 5.32 Å². The van der Waals surface area contributed by atoms with Crippen LogP contribution in [0.3, 0.4) is 0 Å². The second-order valence-electron chi connectivity index (χ2n) is 4.74. The molecule has 0 fully saturated rings. The molecular formula is C14H19Cl2NO2S. The number of carbonyl (C=O) groups is 1. The van der Waals surface area contributed by atoms with Gasteiger partial charge in [-0.05, 0) is 44.5 Å². The zero-order chi connectivity index (χ0) is 15.2. The molecule has 0 aliphatic heterocycles. The molecule has 0 heterocycles. The van der Waals surface area contributed by atoms with E-state index >= 15 is 0 Å². The number of thioether (sulfide) groups is 1. The van der Waals surface area contributed by atoms with Crippen molar-refractivity contribution in [3.8, 4) is 0 Å². The summed E-state index contributed by atoms with van der Waals surface area (Å²) in [6.07, 6.45) is 1.41. The Morgan fingerprint density at radius 3 is 2.75 bits per heavy atom. The summed E-state index contributed by atoms with van der Waals surface area (Å²) in [7, 11) is 0. The number of carboxylic acids is 1. The summed E-state index contributed by atoms with van der Waals surface area (Å²) in [5.41, 5.74) is -0.909. The highest BCUT2D eigenvalue weighted by Gasteiger charge is 2.31. The van der Waals surface area contributed by atoms with Gasteiger partial charge in [0.05, 0.1) is 5.02 Å². The van der Waals surface area contributed by atoms with Gasteiger partial charge in [-0.15, -0.1) is 11.8 Å². The summed E-state index contributed by atoms with van der Waals surface area (Å²) in [5, 5.41) is 13.7. The lowest BCUT2D eigenvalue weighted by Crippen LogP contribution is -2.50. The van der Waals surface area contributed by atoms with Crippen LogP contribution >= 0.6 is 35.0 Å². The fourth-order valence-corrected chi connectivity index (χ4v) is 3.29. The van der Waals surface area contributed by atoms with E-state index < -0.39 is 11.5 Å². The fraction of sp³-hybridized carbons (Fsp3) is 0.500. The summed E-state index contributed by atoms with van der Waals surface area (Å²) < 4.78 is 0. The number of carboxylic acid groups (broad SMARTS) is 1. The third-order valence-corrected chi connectivity index (χ3v) is 4.72. The van der Waals surface area contributed by atoms with Crippen molar-refractivity contribution in [2.24, 2.45) is 0 Å². The molecule has 0 spiro atoms. The Balaban J connectivity index is 2.60. The highest BCUT2D eigenvalue weighted by Crippen LogP contribution is 2.31. The highest BCUT2D eigenvalue weighted by atomic mass is 35.5. The molecule has 3 nitrogen and oxygen atoms in total. The summed E-state index contributed by atoms with van der Waals surface area (Å²) in [5.74, 6) is -0.178. The standard InChI is InChI=1S/C14H19Cl2NO2S/c1-3-7-17-14(2,13(18)19)6-8-20-12-9-10(15)4-5-11(12)16/h4-5,9,17H,3,6-8H2,1-2H3,(H,18,19). The first-order chi connectivity index (χ1) is 9.39. The van der Waals surface area contributed by atoms with E-state index in [-0.39, 0.29) is 0 Å². The van der Waals surface area contributed by atoms with E-state index in [0.717, 1.165) is 11.3 Å². The Hall–Kier alpha value is -0.420. The van der Waals surface area contributed by atoms with Crippen LogP contribution in [0.2, 0.25) is 10.0 Å². The molecule has 1 aromatic rings. The van der Waals surface area contributed by atoms with Gasteiger partial charge in [0, 0.05) is 15.7 Å². The van der Waals surface area contributed by atoms with Crippen molar-refractivity contribution in [1.29, 1.82) is 0 Å². The topological polar surface area (TPSA) is 49.3 Å². The number of halogens is 2. The van der Waals surface area contributed by atoms with E-state index in [4.69, 9.17) is 23.2 Å². The van der Waals surface area contributed by atoms with Crippen LogP contribution in [0, 0.1) is 0 Å². The normalized spacial score (nSPS) is 14.0. The van der Waals surface area contributed by atoms with Crippen molar-refractivity contribution >= 4 is 40.9 Å². The molecule has 1 atom stereocenters. The van der Waals surface area contributed by atoms with Gasteiger partial charge in [-0.25, -0.2) is 0 Å². The molecule has 0 aliphatic rings. The number of aliphatic carboxylic acids is 1. The maximum atomic E-state index is 11.4. The molecule has 20 heavy (non-hydrogen) atoms. The van der Waals surface area contributed by atoms with Crippen LogP contribution in [0.15, 0.2) is 23.1 Å². The average Bonchev–Trinajstić information content (AvgIpc) is 2.40. The lowest BCUT2D eigenvalue weighted by molar-refractivity contribution is -0.144. The van der Waals surface area contributed by atoms with Crippen LogP contribution in [-0.2, 0) is 4.79 Å². The average molecular weight is 336 g/mol. The molecule has 0 aromatic heterocycles. The van der Waals surface area contributed by atoms with E-state index in [1.807, 2.05) is 6.92 Å². The van der Waals surface area contributed by atoms with Crippen LogP contribution in [0.4, 0.5) is 0 Å². The zero-order valence-electron chi connectivity index (χ0n) is 11.6. The van der Waals surface area contributed by atoms with Gasteiger partial charge in [0.2, 0.25) is 0 Å². The Kier molecular flexibility index (Phi) is 7.17. The minimum Gasteiger partial charge on any atom is -0.480 e. The van der Waals surface area contributed by atoms with Crippen LogP contribution in [0.5, 0.6) is 0 Å². The van der Waals surface area contributed by atoms with Gasteiger partial charge in [0.15, 0.2) is 0 Å². The maximum absolute atomic E-state index is 11.4. The number of hydrogen-bond acceptors (Lipinski definition) is 3. The van der Waals surface area contributed by atoms with E-state index in [0.29, 0.717) is 28.8 Å². The first-order valence-electron chi connectivity index (χ1n) is 6.45. The number of hydrogen-bond donors (Lipinski definition) is 2. The van der Waals surface area contributed by atoms with Gasteiger partial charge in [0.25, 0.3) is 0 Å². The molecule has 0 radical (unpaired) electrons. The monoisotopic (exact) mass is 335 g/mol. The minimum absolute atomic E-state index is 0.510. The number of rotatable bonds is 8. The molecule has 2 N–H and O–H groups in total. The molecule has 0 amide bonds. The predicted octanol–water partition coefficient (Wildman–Crippen LogP) is 4.32. The Morgan fingerprint density at radius 2 is 2.15 bits per heavy atom. The van der Waals surface area contributed by atoms with Gasteiger partial charge < -0.3 is 10.4 Å². The first-order valence-corrected chi connectivity index (χ1v) is 8.19. The molecule has 112 valence electrons. The SMILES string of the molecule is CCCNC(C)(CCSc1cc(Cl)ccc1Cl)C(=O)O. The van der Waals surface area contributed by atoms with Crippen LogP contribution < -0.4 is 5.32 Å². The lowest BCUT2D eigenvalue weighted by atomic mass is 9.99. The lowest BCUT2D eigenvalue weighted by Gasteiger charge is -2.26. The van der Waals surface area contributed by atoms with Crippen LogP contribution in [-0.4, -0.2) is 28.9 Å². The second-order valence-corrected chi connectivity index (χ2v) is 6.72. The molecule has 0 bridgehead atoms. The zero-order valence-corrected chi connectivity index (χ0v) is 13.9. The van der Waals surface area contributed by atoms with Crippen LogP contribution in [0.1, 0.15) is 26.7 Å². The van der Waals surface area contributed by atoms with E-state index in [2.05, 4.69) is 5.32 Å². The first kappa shape index (κ1) is 17.6. The molecule has 1 unspecified atom stereocenters. The second kappa shape index (κ2) is 8.13. The third kappa shape index (κ3) is 5.17. The molecule has 0 saturated heterocycles. The van der Waals surface area contributed by atoms with E-state index in [1.165, 1.54) is 11.8 Å². The Bertz CT molecular complexity index is 470. The largest absolute Gasteiger partial charge is 0.480 e. The molecule has 1 aromatic carbocycles. The van der Waals surface area contributed by atoms with Crippen molar-refractivity contribution < 1.29 is 9.90 Å². The fourth-order valence-electron chi connectivity index (χ4n) is 1.62. The molecule has 1 rings (SSSR count). The highest BCUT2D eigenvalue weighted by molar-refractivity contribution is 7.99. The van der Waals surface area contributed by atoms with Gasteiger partial charge in [-0.3, -0.25) is 4.79 Å². The molecule has 6 heteroatoms. The molecule has 0 saturated carbocycles. The van der Waals surface area contributed by atoms with Gasteiger partial charge >= 0.3 is 5.97 Å². The van der Waals surface area contributed by atoms with Crippen LogP contribution in [0.25, 0.3) is 0 Å². The van der Waals surface area contributed by atoms with Crippen molar-refractivity contribution in [3.63, 3.8) is 0 Å². The summed E-state index contributed by atoms with van der Waals surface area (Å²) in [6.45, 7) is 4.41. The minimum atomic E-state index is -0.909. The van der Waals surface area contributed by atoms with Gasteiger partial charge in [-0.1, -0.05) is 30.1 Å².